The molecule has 0 bridgehead atoms. The van der Waals surface area contributed by atoms with Crippen molar-refractivity contribution in [3.05, 3.63) is 52.0 Å². The Morgan fingerprint density at radius 2 is 2.13 bits per heavy atom. The Hall–Kier alpha value is -1.19. The van der Waals surface area contributed by atoms with Crippen LogP contribution in [-0.2, 0) is 13.1 Å². The molecule has 0 fully saturated rings. The summed E-state index contributed by atoms with van der Waals surface area (Å²) in [5, 5.41) is 5.46. The molecule has 2 aromatic rings. The summed E-state index contributed by atoms with van der Waals surface area (Å²) in [6.07, 6.45) is 0. The molecule has 1 N–H and O–H groups in total. The van der Waals surface area contributed by atoms with Gasteiger partial charge in [-0.2, -0.15) is 0 Å². The van der Waals surface area contributed by atoms with E-state index in [4.69, 9.17) is 0 Å². The van der Waals surface area contributed by atoms with Gasteiger partial charge in [-0.15, -0.1) is 11.3 Å². The van der Waals surface area contributed by atoms with Gasteiger partial charge >= 0.3 is 0 Å². The van der Waals surface area contributed by atoms with E-state index in [1.54, 1.807) is 11.3 Å². The SMILES string of the molecule is Cc1ccccc1CNCc1cscn1. The van der Waals surface area contributed by atoms with E-state index in [9.17, 15) is 0 Å². The van der Waals surface area contributed by atoms with Crippen LogP contribution in [0.2, 0.25) is 0 Å². The molecule has 78 valence electrons. The minimum absolute atomic E-state index is 0.845. The highest BCUT2D eigenvalue weighted by Crippen LogP contribution is 2.07. The van der Waals surface area contributed by atoms with Crippen LogP contribution in [0.15, 0.2) is 35.2 Å². The number of hydrogen-bond acceptors (Lipinski definition) is 3. The van der Waals surface area contributed by atoms with Gasteiger partial charge in [-0.1, -0.05) is 24.3 Å². The molecule has 1 heterocycles. The molecule has 15 heavy (non-hydrogen) atoms. The second kappa shape index (κ2) is 5.05. The molecule has 0 spiro atoms. The van der Waals surface area contributed by atoms with Crippen LogP contribution in [-0.4, -0.2) is 4.98 Å². The third kappa shape index (κ3) is 2.88. The van der Waals surface area contributed by atoms with Crippen LogP contribution in [0.3, 0.4) is 0 Å². The first kappa shape index (κ1) is 10.3. The summed E-state index contributed by atoms with van der Waals surface area (Å²) >= 11 is 1.64. The Morgan fingerprint density at radius 1 is 1.27 bits per heavy atom. The fraction of sp³-hybridized carbons (Fsp3) is 0.250. The molecule has 0 aliphatic carbocycles. The third-order valence-electron chi connectivity index (χ3n) is 2.37. The van der Waals surface area contributed by atoms with E-state index in [0.717, 1.165) is 18.8 Å². The fourth-order valence-electron chi connectivity index (χ4n) is 1.46. The summed E-state index contributed by atoms with van der Waals surface area (Å²) in [5.74, 6) is 0. The molecule has 0 aliphatic heterocycles. The van der Waals surface area contributed by atoms with Crippen molar-refractivity contribution in [2.75, 3.05) is 0 Å². The molecule has 3 heteroatoms. The molecule has 0 amide bonds. The molecule has 0 atom stereocenters. The van der Waals surface area contributed by atoms with Crippen LogP contribution in [0.5, 0.6) is 0 Å². The summed E-state index contributed by atoms with van der Waals surface area (Å²) in [4.78, 5) is 4.23. The Bertz CT molecular complexity index is 409. The topological polar surface area (TPSA) is 24.9 Å². The Balaban J connectivity index is 1.86. The van der Waals surface area contributed by atoms with Gasteiger partial charge in [0.2, 0.25) is 0 Å². The zero-order valence-corrected chi connectivity index (χ0v) is 9.55. The smallest absolute Gasteiger partial charge is 0.0795 e. The summed E-state index contributed by atoms with van der Waals surface area (Å²) < 4.78 is 0. The second-order valence-electron chi connectivity index (χ2n) is 3.51. The average molecular weight is 218 g/mol. The number of nitrogens with one attached hydrogen (secondary N) is 1. The van der Waals surface area contributed by atoms with Crippen molar-refractivity contribution in [3.8, 4) is 0 Å². The maximum atomic E-state index is 4.23. The molecule has 0 aliphatic rings. The van der Waals surface area contributed by atoms with Crippen molar-refractivity contribution in [3.63, 3.8) is 0 Å². The second-order valence-corrected chi connectivity index (χ2v) is 4.23. The average Bonchev–Trinajstić information content (AvgIpc) is 2.74. The Kier molecular flexibility index (Phi) is 3.48. The number of hydrogen-bond donors (Lipinski definition) is 1. The predicted octanol–water partition coefficient (Wildman–Crippen LogP) is 2.74. The summed E-state index contributed by atoms with van der Waals surface area (Å²) in [5.41, 5.74) is 5.68. The number of aromatic nitrogens is 1. The lowest BCUT2D eigenvalue weighted by Gasteiger charge is -2.05. The zero-order valence-electron chi connectivity index (χ0n) is 8.73. The number of rotatable bonds is 4. The molecular weight excluding hydrogens is 204 g/mol. The van der Waals surface area contributed by atoms with E-state index in [1.165, 1.54) is 11.1 Å². The van der Waals surface area contributed by atoms with Gasteiger partial charge in [0.1, 0.15) is 0 Å². The van der Waals surface area contributed by atoms with Gasteiger partial charge in [-0.3, -0.25) is 0 Å². The van der Waals surface area contributed by atoms with Gasteiger partial charge in [0.25, 0.3) is 0 Å². The summed E-state index contributed by atoms with van der Waals surface area (Å²) in [6.45, 7) is 3.89. The summed E-state index contributed by atoms with van der Waals surface area (Å²) in [7, 11) is 0. The predicted molar refractivity (Wildman–Crippen MR) is 63.8 cm³/mol. The van der Waals surface area contributed by atoms with Crippen molar-refractivity contribution in [2.24, 2.45) is 0 Å². The van der Waals surface area contributed by atoms with Gasteiger partial charge < -0.3 is 5.32 Å². The third-order valence-corrected chi connectivity index (χ3v) is 3.00. The molecule has 2 rings (SSSR count). The van der Waals surface area contributed by atoms with E-state index in [0.29, 0.717) is 0 Å². The van der Waals surface area contributed by atoms with Gasteiger partial charge in [0.15, 0.2) is 0 Å². The Morgan fingerprint density at radius 3 is 2.87 bits per heavy atom. The standard InChI is InChI=1S/C12H14N2S/c1-10-4-2-3-5-11(10)6-13-7-12-8-15-9-14-12/h2-5,8-9,13H,6-7H2,1H3. The number of nitrogens with zero attached hydrogens (tertiary/aromatic N) is 1. The van der Waals surface area contributed by atoms with Crippen LogP contribution < -0.4 is 5.32 Å². The fourth-order valence-corrected chi connectivity index (χ4v) is 2.02. The first-order chi connectivity index (χ1) is 7.36. The quantitative estimate of drug-likeness (QED) is 0.853. The lowest BCUT2D eigenvalue weighted by atomic mass is 10.1. The van der Waals surface area contributed by atoms with E-state index in [1.807, 2.05) is 5.51 Å². The van der Waals surface area contributed by atoms with Crippen molar-refractivity contribution in [1.29, 1.82) is 0 Å². The van der Waals surface area contributed by atoms with E-state index >= 15 is 0 Å². The molecule has 0 saturated heterocycles. The van der Waals surface area contributed by atoms with E-state index in [2.05, 4.69) is 46.9 Å². The normalized spacial score (nSPS) is 10.5. The molecular formula is C12H14N2S. The van der Waals surface area contributed by atoms with Crippen LogP contribution in [0.1, 0.15) is 16.8 Å². The van der Waals surface area contributed by atoms with Crippen molar-refractivity contribution in [2.45, 2.75) is 20.0 Å². The van der Waals surface area contributed by atoms with E-state index < -0.39 is 0 Å². The maximum absolute atomic E-state index is 4.23. The van der Waals surface area contributed by atoms with Crippen molar-refractivity contribution >= 4 is 11.3 Å². The summed E-state index contributed by atoms with van der Waals surface area (Å²) in [6, 6.07) is 8.44. The monoisotopic (exact) mass is 218 g/mol. The van der Waals surface area contributed by atoms with Crippen molar-refractivity contribution in [1.82, 2.24) is 10.3 Å². The number of benzene rings is 1. The minimum Gasteiger partial charge on any atom is -0.307 e. The Labute approximate surface area is 94.0 Å². The largest absolute Gasteiger partial charge is 0.307 e. The van der Waals surface area contributed by atoms with Crippen LogP contribution in [0, 0.1) is 6.92 Å². The lowest BCUT2D eigenvalue weighted by Crippen LogP contribution is -2.13. The molecule has 0 radical (unpaired) electrons. The van der Waals surface area contributed by atoms with Gasteiger partial charge in [0, 0.05) is 18.5 Å². The molecule has 0 saturated carbocycles. The van der Waals surface area contributed by atoms with Crippen LogP contribution in [0.4, 0.5) is 0 Å². The molecule has 1 aromatic heterocycles. The number of aryl methyl sites for hydroxylation is 1. The first-order valence-corrected chi connectivity index (χ1v) is 5.93. The molecule has 1 aromatic carbocycles. The van der Waals surface area contributed by atoms with Gasteiger partial charge in [-0.05, 0) is 18.1 Å². The molecule has 0 unspecified atom stereocenters. The van der Waals surface area contributed by atoms with Crippen molar-refractivity contribution < 1.29 is 0 Å². The highest BCUT2D eigenvalue weighted by molar-refractivity contribution is 7.07. The van der Waals surface area contributed by atoms with Crippen LogP contribution in [0.25, 0.3) is 0 Å². The van der Waals surface area contributed by atoms with E-state index in [-0.39, 0.29) is 0 Å². The first-order valence-electron chi connectivity index (χ1n) is 4.98. The van der Waals surface area contributed by atoms with Crippen LogP contribution >= 0.6 is 11.3 Å². The van der Waals surface area contributed by atoms with Gasteiger partial charge in [-0.25, -0.2) is 4.98 Å². The number of thiazole rings is 1. The lowest BCUT2D eigenvalue weighted by molar-refractivity contribution is 0.680. The zero-order chi connectivity index (χ0) is 10.5. The minimum atomic E-state index is 0.845. The molecule has 2 nitrogen and oxygen atoms in total. The maximum Gasteiger partial charge on any atom is 0.0795 e. The highest BCUT2D eigenvalue weighted by atomic mass is 32.1. The van der Waals surface area contributed by atoms with Gasteiger partial charge in [0.05, 0.1) is 11.2 Å². The highest BCUT2D eigenvalue weighted by Gasteiger charge is 1.97.